The minimum Gasteiger partial charge on any atom is -0.497 e. The SMILES string of the molecule is COc1ccc(C(=O)Oc2ccc(/C=C3\N=C(c4ccc(Cl)cc4Cl)OC3=O)cc2OC)cc1. The normalized spacial score (nSPS) is 13.9. The molecule has 0 radical (unpaired) electrons. The summed E-state index contributed by atoms with van der Waals surface area (Å²) in [4.78, 5) is 29.1. The van der Waals surface area contributed by atoms with Crippen molar-refractivity contribution in [3.63, 3.8) is 0 Å². The van der Waals surface area contributed by atoms with E-state index in [1.54, 1.807) is 61.7 Å². The zero-order valence-corrected chi connectivity index (χ0v) is 19.5. The zero-order valence-electron chi connectivity index (χ0n) is 18.0. The maximum absolute atomic E-state index is 12.5. The molecule has 0 bridgehead atoms. The fourth-order valence-electron chi connectivity index (χ4n) is 3.09. The summed E-state index contributed by atoms with van der Waals surface area (Å²) in [6.45, 7) is 0. The summed E-state index contributed by atoms with van der Waals surface area (Å²) < 4.78 is 21.2. The number of cyclic esters (lactones) is 1. The van der Waals surface area contributed by atoms with Gasteiger partial charge in [-0.3, -0.25) is 0 Å². The van der Waals surface area contributed by atoms with Crippen molar-refractivity contribution >= 4 is 47.1 Å². The number of ether oxygens (including phenoxy) is 4. The summed E-state index contributed by atoms with van der Waals surface area (Å²) in [5, 5.41) is 0.763. The summed E-state index contributed by atoms with van der Waals surface area (Å²) in [6, 6.07) is 16.1. The zero-order chi connectivity index (χ0) is 24.2. The summed E-state index contributed by atoms with van der Waals surface area (Å²) in [5.74, 6) is 0.0377. The Morgan fingerprint density at radius 1 is 0.941 bits per heavy atom. The van der Waals surface area contributed by atoms with Crippen molar-refractivity contribution in [2.45, 2.75) is 0 Å². The van der Waals surface area contributed by atoms with Gasteiger partial charge >= 0.3 is 11.9 Å². The van der Waals surface area contributed by atoms with Crippen LogP contribution in [0, 0.1) is 0 Å². The minimum atomic E-state index is -0.630. The van der Waals surface area contributed by atoms with E-state index in [0.29, 0.717) is 38.2 Å². The Hall–Kier alpha value is -3.81. The van der Waals surface area contributed by atoms with Gasteiger partial charge in [0.2, 0.25) is 5.90 Å². The Labute approximate surface area is 205 Å². The van der Waals surface area contributed by atoms with Crippen LogP contribution >= 0.6 is 23.2 Å². The number of hydrogen-bond acceptors (Lipinski definition) is 7. The van der Waals surface area contributed by atoms with E-state index < -0.39 is 11.9 Å². The number of carbonyl (C=O) groups excluding carboxylic acids is 2. The topological polar surface area (TPSA) is 83.4 Å². The third-order valence-electron chi connectivity index (χ3n) is 4.80. The van der Waals surface area contributed by atoms with E-state index >= 15 is 0 Å². The third-order valence-corrected chi connectivity index (χ3v) is 5.35. The molecule has 7 nitrogen and oxygen atoms in total. The van der Waals surface area contributed by atoms with Crippen molar-refractivity contribution in [3.8, 4) is 17.2 Å². The molecule has 0 aromatic heterocycles. The molecule has 9 heteroatoms. The molecule has 0 unspecified atom stereocenters. The van der Waals surface area contributed by atoms with Crippen molar-refractivity contribution in [1.82, 2.24) is 0 Å². The monoisotopic (exact) mass is 497 g/mol. The second-order valence-electron chi connectivity index (χ2n) is 6.99. The predicted molar refractivity (Wildman–Crippen MR) is 128 cm³/mol. The summed E-state index contributed by atoms with van der Waals surface area (Å²) in [6.07, 6.45) is 1.52. The number of carbonyl (C=O) groups is 2. The minimum absolute atomic E-state index is 0.0750. The molecule has 0 N–H and O–H groups in total. The second kappa shape index (κ2) is 9.99. The van der Waals surface area contributed by atoms with Gasteiger partial charge in [0.05, 0.1) is 30.4 Å². The first-order valence-electron chi connectivity index (χ1n) is 9.90. The lowest BCUT2D eigenvalue weighted by Crippen LogP contribution is -2.09. The molecule has 1 aliphatic heterocycles. The summed E-state index contributed by atoms with van der Waals surface area (Å²) in [7, 11) is 2.98. The Morgan fingerprint density at radius 2 is 1.71 bits per heavy atom. The van der Waals surface area contributed by atoms with E-state index in [9.17, 15) is 9.59 Å². The van der Waals surface area contributed by atoms with Crippen molar-refractivity contribution in [2.75, 3.05) is 14.2 Å². The molecule has 3 aromatic rings. The van der Waals surface area contributed by atoms with Crippen LogP contribution < -0.4 is 14.2 Å². The van der Waals surface area contributed by atoms with Crippen molar-refractivity contribution in [3.05, 3.63) is 93.1 Å². The van der Waals surface area contributed by atoms with Crippen LogP contribution in [0.4, 0.5) is 0 Å². The fourth-order valence-corrected chi connectivity index (χ4v) is 3.58. The van der Waals surface area contributed by atoms with Gasteiger partial charge < -0.3 is 18.9 Å². The number of halogens is 2. The highest BCUT2D eigenvalue weighted by Crippen LogP contribution is 2.31. The van der Waals surface area contributed by atoms with Crippen LogP contribution in [0.2, 0.25) is 10.0 Å². The second-order valence-corrected chi connectivity index (χ2v) is 7.83. The number of benzene rings is 3. The van der Waals surface area contributed by atoms with Crippen LogP contribution in [0.3, 0.4) is 0 Å². The molecular weight excluding hydrogens is 481 g/mol. The van der Waals surface area contributed by atoms with Gasteiger partial charge in [-0.1, -0.05) is 29.3 Å². The van der Waals surface area contributed by atoms with E-state index in [2.05, 4.69) is 4.99 Å². The van der Waals surface area contributed by atoms with Crippen LogP contribution in [-0.4, -0.2) is 32.1 Å². The smallest absolute Gasteiger partial charge is 0.363 e. The molecule has 0 saturated heterocycles. The quantitative estimate of drug-likeness (QED) is 0.251. The Morgan fingerprint density at radius 3 is 2.38 bits per heavy atom. The first-order chi connectivity index (χ1) is 16.4. The van der Waals surface area contributed by atoms with Crippen LogP contribution in [0.15, 0.2) is 71.4 Å². The predicted octanol–water partition coefficient (Wildman–Crippen LogP) is 5.57. The maximum Gasteiger partial charge on any atom is 0.363 e. The number of methoxy groups -OCH3 is 2. The van der Waals surface area contributed by atoms with E-state index in [1.165, 1.54) is 19.3 Å². The number of nitrogens with zero attached hydrogens (tertiary/aromatic N) is 1. The maximum atomic E-state index is 12.5. The molecule has 1 heterocycles. The molecule has 1 aliphatic rings. The van der Waals surface area contributed by atoms with Gasteiger partial charge in [-0.2, -0.15) is 0 Å². The van der Waals surface area contributed by atoms with Gasteiger partial charge in [-0.25, -0.2) is 14.6 Å². The van der Waals surface area contributed by atoms with E-state index in [-0.39, 0.29) is 17.3 Å². The number of rotatable bonds is 6. The molecule has 3 aromatic carbocycles. The van der Waals surface area contributed by atoms with E-state index in [1.807, 2.05) is 0 Å². The average Bonchev–Trinajstić information content (AvgIpc) is 3.19. The van der Waals surface area contributed by atoms with Gasteiger partial charge in [-0.05, 0) is 66.2 Å². The Bertz CT molecular complexity index is 1330. The van der Waals surface area contributed by atoms with Crippen molar-refractivity contribution in [2.24, 2.45) is 4.99 Å². The molecule has 0 aliphatic carbocycles. The third kappa shape index (κ3) is 5.06. The average molecular weight is 498 g/mol. The van der Waals surface area contributed by atoms with Crippen molar-refractivity contribution < 1.29 is 28.5 Å². The molecular formula is C25H17Cl2NO6. The number of esters is 2. The highest BCUT2D eigenvalue weighted by Gasteiger charge is 2.26. The first kappa shape index (κ1) is 23.4. The highest BCUT2D eigenvalue weighted by atomic mass is 35.5. The lowest BCUT2D eigenvalue weighted by Gasteiger charge is -2.10. The van der Waals surface area contributed by atoms with Gasteiger partial charge in [0, 0.05) is 5.02 Å². The van der Waals surface area contributed by atoms with Gasteiger partial charge in [-0.15, -0.1) is 0 Å². The summed E-state index contributed by atoms with van der Waals surface area (Å²) in [5.41, 5.74) is 1.46. The number of hydrogen-bond donors (Lipinski definition) is 0. The molecule has 4 rings (SSSR count). The molecule has 172 valence electrons. The highest BCUT2D eigenvalue weighted by molar-refractivity contribution is 6.37. The van der Waals surface area contributed by atoms with Crippen LogP contribution in [0.25, 0.3) is 6.08 Å². The molecule has 34 heavy (non-hydrogen) atoms. The Balaban J connectivity index is 1.56. The largest absolute Gasteiger partial charge is 0.497 e. The molecule has 0 spiro atoms. The molecule has 0 saturated carbocycles. The van der Waals surface area contributed by atoms with Crippen molar-refractivity contribution in [1.29, 1.82) is 0 Å². The first-order valence-corrected chi connectivity index (χ1v) is 10.7. The summed E-state index contributed by atoms with van der Waals surface area (Å²) >= 11 is 12.1. The van der Waals surface area contributed by atoms with Crippen LogP contribution in [-0.2, 0) is 9.53 Å². The number of aliphatic imine (C=N–C) groups is 1. The van der Waals surface area contributed by atoms with E-state index in [4.69, 9.17) is 42.1 Å². The van der Waals surface area contributed by atoms with Gasteiger partial charge in [0.25, 0.3) is 0 Å². The lowest BCUT2D eigenvalue weighted by molar-refractivity contribution is -0.129. The Kier molecular flexibility index (Phi) is 6.86. The molecule has 0 atom stereocenters. The van der Waals surface area contributed by atoms with E-state index in [0.717, 1.165) is 0 Å². The van der Waals surface area contributed by atoms with Crippen LogP contribution in [0.5, 0.6) is 17.2 Å². The van der Waals surface area contributed by atoms with Gasteiger partial charge in [0.1, 0.15) is 5.75 Å². The van der Waals surface area contributed by atoms with Gasteiger partial charge in [0.15, 0.2) is 17.2 Å². The fraction of sp³-hybridized carbons (Fsp3) is 0.0800. The standard InChI is InChI=1S/C25H17Cl2NO6/c1-31-17-7-4-15(5-8-17)24(29)33-21-10-3-14(12-22(21)32-2)11-20-25(30)34-23(28-20)18-9-6-16(26)13-19(18)27/h3-13H,1-2H3/b20-11-. The molecule has 0 fully saturated rings. The lowest BCUT2D eigenvalue weighted by atomic mass is 10.1. The molecule has 0 amide bonds. The van der Waals surface area contributed by atoms with Crippen LogP contribution in [0.1, 0.15) is 21.5 Å².